The van der Waals surface area contributed by atoms with Gasteiger partial charge in [-0.2, -0.15) is 5.26 Å². The fraction of sp³-hybridized carbons (Fsp3) is 0.231. The molecule has 0 saturated heterocycles. The Morgan fingerprint density at radius 3 is 2.76 bits per heavy atom. The van der Waals surface area contributed by atoms with Crippen molar-refractivity contribution in [1.82, 2.24) is 9.55 Å². The van der Waals surface area contributed by atoms with Gasteiger partial charge >= 0.3 is 0 Å². The van der Waals surface area contributed by atoms with Gasteiger partial charge in [0.2, 0.25) is 0 Å². The van der Waals surface area contributed by atoms with Gasteiger partial charge in [0, 0.05) is 18.9 Å². The second kappa shape index (κ2) is 5.17. The topological polar surface area (TPSA) is 50.8 Å². The van der Waals surface area contributed by atoms with E-state index >= 15 is 0 Å². The molecule has 0 spiro atoms. The van der Waals surface area contributed by atoms with Crippen molar-refractivity contribution in [3.8, 4) is 11.8 Å². The molecule has 2 rings (SSSR count). The molecule has 0 unspecified atom stereocenters. The lowest BCUT2D eigenvalue weighted by molar-refractivity contribution is 0.290. The Labute approximate surface area is 100 Å². The van der Waals surface area contributed by atoms with E-state index in [0.717, 1.165) is 18.1 Å². The van der Waals surface area contributed by atoms with Gasteiger partial charge in [-0.15, -0.1) is 0 Å². The summed E-state index contributed by atoms with van der Waals surface area (Å²) in [5.41, 5.74) is 0.632. The zero-order chi connectivity index (χ0) is 12.1. The van der Waals surface area contributed by atoms with Crippen molar-refractivity contribution < 1.29 is 4.74 Å². The van der Waals surface area contributed by atoms with E-state index in [4.69, 9.17) is 10.00 Å². The third-order valence-corrected chi connectivity index (χ3v) is 2.49. The highest BCUT2D eigenvalue weighted by molar-refractivity contribution is 5.34. The molecule has 4 nitrogen and oxygen atoms in total. The number of benzene rings is 1. The molecule has 1 heterocycles. The van der Waals surface area contributed by atoms with Gasteiger partial charge < -0.3 is 9.30 Å². The number of rotatable bonds is 4. The van der Waals surface area contributed by atoms with Gasteiger partial charge in [0.25, 0.3) is 0 Å². The summed E-state index contributed by atoms with van der Waals surface area (Å²) < 4.78 is 7.63. The van der Waals surface area contributed by atoms with E-state index in [2.05, 4.69) is 18.0 Å². The number of aromatic nitrogens is 2. The fourth-order valence-electron chi connectivity index (χ4n) is 1.54. The first-order chi connectivity index (χ1) is 8.33. The molecular weight excluding hydrogens is 214 g/mol. The van der Waals surface area contributed by atoms with Crippen LogP contribution in [0, 0.1) is 11.3 Å². The number of ether oxygens (including phenoxy) is 1. The maximum absolute atomic E-state index is 8.67. The van der Waals surface area contributed by atoms with Crippen molar-refractivity contribution in [3.63, 3.8) is 0 Å². The normalized spacial score (nSPS) is 9.88. The predicted molar refractivity (Wildman–Crippen MR) is 63.4 cm³/mol. The van der Waals surface area contributed by atoms with Crippen LogP contribution in [0.15, 0.2) is 36.7 Å². The summed E-state index contributed by atoms with van der Waals surface area (Å²) in [5.74, 6) is 1.64. The van der Waals surface area contributed by atoms with Crippen molar-refractivity contribution in [2.75, 3.05) is 0 Å². The first kappa shape index (κ1) is 11.2. The molecule has 0 amide bonds. The molecule has 0 aliphatic heterocycles. The number of hydrogen-bond donors (Lipinski definition) is 0. The second-order valence-corrected chi connectivity index (χ2v) is 3.55. The fourth-order valence-corrected chi connectivity index (χ4v) is 1.54. The molecule has 86 valence electrons. The van der Waals surface area contributed by atoms with Gasteiger partial charge in [-0.25, -0.2) is 4.98 Å². The standard InChI is InChI=1S/C13H13N3O/c1-2-16-8-7-15-13(16)10-17-12-5-3-11(9-14)4-6-12/h3-8H,2,10H2,1H3. The summed E-state index contributed by atoms with van der Waals surface area (Å²) in [6.45, 7) is 3.38. The molecule has 0 bridgehead atoms. The molecule has 0 fully saturated rings. The van der Waals surface area contributed by atoms with Crippen LogP contribution in [0.25, 0.3) is 0 Å². The molecule has 0 atom stereocenters. The molecule has 0 aliphatic rings. The minimum Gasteiger partial charge on any atom is -0.486 e. The molecule has 4 heteroatoms. The first-order valence-corrected chi connectivity index (χ1v) is 5.46. The van der Waals surface area contributed by atoms with Crippen LogP contribution in [0.4, 0.5) is 0 Å². The van der Waals surface area contributed by atoms with Gasteiger partial charge in [-0.05, 0) is 31.2 Å². The van der Waals surface area contributed by atoms with E-state index in [0.29, 0.717) is 12.2 Å². The summed E-state index contributed by atoms with van der Waals surface area (Å²) in [6, 6.07) is 9.12. The van der Waals surface area contributed by atoms with Crippen molar-refractivity contribution in [1.29, 1.82) is 5.26 Å². The first-order valence-electron chi connectivity index (χ1n) is 5.46. The third-order valence-electron chi connectivity index (χ3n) is 2.49. The molecular formula is C13H13N3O. The number of hydrogen-bond acceptors (Lipinski definition) is 3. The minimum absolute atomic E-state index is 0.437. The highest BCUT2D eigenvalue weighted by atomic mass is 16.5. The van der Waals surface area contributed by atoms with Crippen molar-refractivity contribution in [2.45, 2.75) is 20.1 Å². The van der Waals surface area contributed by atoms with Crippen molar-refractivity contribution in [2.24, 2.45) is 0 Å². The molecule has 0 aliphatic carbocycles. The van der Waals surface area contributed by atoms with E-state index in [-0.39, 0.29) is 0 Å². The molecule has 2 aromatic rings. The van der Waals surface area contributed by atoms with Crippen LogP contribution in [-0.2, 0) is 13.2 Å². The van der Waals surface area contributed by atoms with Gasteiger partial charge in [-0.1, -0.05) is 0 Å². The number of aryl methyl sites for hydroxylation is 1. The zero-order valence-corrected chi connectivity index (χ0v) is 9.63. The average Bonchev–Trinajstić information content (AvgIpc) is 2.84. The third kappa shape index (κ3) is 2.64. The zero-order valence-electron chi connectivity index (χ0n) is 9.63. The molecule has 17 heavy (non-hydrogen) atoms. The summed E-state index contributed by atoms with van der Waals surface area (Å²) in [7, 11) is 0. The van der Waals surface area contributed by atoms with Crippen LogP contribution in [0.3, 0.4) is 0 Å². The Hall–Kier alpha value is -2.28. The van der Waals surface area contributed by atoms with E-state index < -0.39 is 0 Å². The molecule has 1 aromatic carbocycles. The predicted octanol–water partition coefficient (Wildman–Crippen LogP) is 2.35. The Morgan fingerprint density at radius 1 is 1.35 bits per heavy atom. The smallest absolute Gasteiger partial charge is 0.146 e. The number of nitrogens with zero attached hydrogens (tertiary/aromatic N) is 3. The lowest BCUT2D eigenvalue weighted by atomic mass is 10.2. The van der Waals surface area contributed by atoms with Gasteiger partial charge in [0.15, 0.2) is 0 Å². The Kier molecular flexibility index (Phi) is 3.41. The number of nitriles is 1. The lowest BCUT2D eigenvalue weighted by Gasteiger charge is -2.07. The van der Waals surface area contributed by atoms with Crippen molar-refractivity contribution in [3.05, 3.63) is 48.0 Å². The van der Waals surface area contributed by atoms with Crippen LogP contribution in [-0.4, -0.2) is 9.55 Å². The van der Waals surface area contributed by atoms with Crippen LogP contribution in [0.2, 0.25) is 0 Å². The van der Waals surface area contributed by atoms with E-state index in [9.17, 15) is 0 Å². The SMILES string of the molecule is CCn1ccnc1COc1ccc(C#N)cc1. The average molecular weight is 227 g/mol. The quantitative estimate of drug-likeness (QED) is 0.805. The Morgan fingerprint density at radius 2 is 2.12 bits per heavy atom. The summed E-state index contributed by atoms with van der Waals surface area (Å²) in [5, 5.41) is 8.67. The Balaban J connectivity index is 2.00. The van der Waals surface area contributed by atoms with E-state index in [1.807, 2.05) is 10.8 Å². The maximum Gasteiger partial charge on any atom is 0.146 e. The highest BCUT2D eigenvalue weighted by Gasteiger charge is 2.02. The molecule has 0 saturated carbocycles. The van der Waals surface area contributed by atoms with E-state index in [1.54, 1.807) is 30.5 Å². The summed E-state index contributed by atoms with van der Waals surface area (Å²) in [4.78, 5) is 4.22. The van der Waals surface area contributed by atoms with Crippen molar-refractivity contribution >= 4 is 0 Å². The number of imidazole rings is 1. The van der Waals surface area contributed by atoms with Gasteiger partial charge in [0.05, 0.1) is 11.6 Å². The summed E-state index contributed by atoms with van der Waals surface area (Å²) >= 11 is 0. The van der Waals surface area contributed by atoms with Crippen LogP contribution in [0.1, 0.15) is 18.3 Å². The monoisotopic (exact) mass is 227 g/mol. The molecule has 0 N–H and O–H groups in total. The second-order valence-electron chi connectivity index (χ2n) is 3.55. The summed E-state index contributed by atoms with van der Waals surface area (Å²) in [6.07, 6.45) is 3.69. The van der Waals surface area contributed by atoms with Crippen LogP contribution >= 0.6 is 0 Å². The lowest BCUT2D eigenvalue weighted by Crippen LogP contribution is -2.05. The molecule has 0 radical (unpaired) electrons. The minimum atomic E-state index is 0.437. The maximum atomic E-state index is 8.67. The van der Waals surface area contributed by atoms with Crippen LogP contribution < -0.4 is 4.74 Å². The van der Waals surface area contributed by atoms with Gasteiger partial charge in [-0.3, -0.25) is 0 Å². The largest absolute Gasteiger partial charge is 0.486 e. The van der Waals surface area contributed by atoms with Gasteiger partial charge in [0.1, 0.15) is 18.2 Å². The molecule has 1 aromatic heterocycles. The van der Waals surface area contributed by atoms with Crippen LogP contribution in [0.5, 0.6) is 5.75 Å². The van der Waals surface area contributed by atoms with E-state index in [1.165, 1.54) is 0 Å². The highest BCUT2D eigenvalue weighted by Crippen LogP contribution is 2.13. The Bertz CT molecular complexity index is 522.